The van der Waals surface area contributed by atoms with Crippen LogP contribution in [0, 0.1) is 18.8 Å². The van der Waals surface area contributed by atoms with Gasteiger partial charge in [-0.25, -0.2) is 9.97 Å². The molecule has 1 aliphatic heterocycles. The molecule has 20 heavy (non-hydrogen) atoms. The fraction of sp³-hybridized carbons (Fsp3) is 0.500. The van der Waals surface area contributed by atoms with Crippen molar-refractivity contribution in [1.82, 2.24) is 9.97 Å². The van der Waals surface area contributed by atoms with E-state index in [1.165, 1.54) is 0 Å². The van der Waals surface area contributed by atoms with E-state index in [2.05, 4.69) is 27.2 Å². The lowest BCUT2D eigenvalue weighted by atomic mass is 9.90. The van der Waals surface area contributed by atoms with E-state index in [9.17, 15) is 9.90 Å². The smallest absolute Gasteiger partial charge is 0.308 e. The van der Waals surface area contributed by atoms with Crippen LogP contribution in [0.5, 0.6) is 0 Å². The van der Waals surface area contributed by atoms with Crippen LogP contribution in [0.25, 0.3) is 10.2 Å². The number of anilines is 1. The molecule has 2 aromatic rings. The largest absolute Gasteiger partial charge is 0.481 e. The quantitative estimate of drug-likeness (QED) is 0.921. The molecule has 2 unspecified atom stereocenters. The van der Waals surface area contributed by atoms with Crippen LogP contribution < -0.4 is 4.90 Å². The lowest BCUT2D eigenvalue weighted by molar-refractivity contribution is -0.142. The summed E-state index contributed by atoms with van der Waals surface area (Å²) in [6.07, 6.45) is 2.31. The second-order valence-electron chi connectivity index (χ2n) is 5.58. The normalized spacial score (nSPS) is 23.2. The number of rotatable bonds is 2. The second kappa shape index (κ2) is 5.01. The van der Waals surface area contributed by atoms with Gasteiger partial charge in [0.25, 0.3) is 0 Å². The van der Waals surface area contributed by atoms with Crippen molar-refractivity contribution in [2.75, 3.05) is 18.0 Å². The highest BCUT2D eigenvalue weighted by atomic mass is 32.1. The number of carboxylic acids is 1. The molecule has 2 atom stereocenters. The molecule has 0 bridgehead atoms. The van der Waals surface area contributed by atoms with Crippen molar-refractivity contribution in [2.45, 2.75) is 20.3 Å². The maximum Gasteiger partial charge on any atom is 0.308 e. The Balaban J connectivity index is 2.01. The van der Waals surface area contributed by atoms with Crippen LogP contribution in [0.3, 0.4) is 0 Å². The van der Waals surface area contributed by atoms with Gasteiger partial charge in [0, 0.05) is 13.1 Å². The molecule has 0 aromatic carbocycles. The SMILES string of the molecule is Cc1csc2ncnc(N3CC(C)CC(C(=O)O)C3)c12. The summed E-state index contributed by atoms with van der Waals surface area (Å²) in [6.45, 7) is 5.53. The number of aromatic nitrogens is 2. The summed E-state index contributed by atoms with van der Waals surface area (Å²) in [4.78, 5) is 23.1. The number of carboxylic acid groups (broad SMARTS) is 1. The maximum absolute atomic E-state index is 11.3. The van der Waals surface area contributed by atoms with E-state index < -0.39 is 5.97 Å². The summed E-state index contributed by atoms with van der Waals surface area (Å²) in [5.41, 5.74) is 1.16. The molecular weight excluding hydrogens is 274 g/mol. The lowest BCUT2D eigenvalue weighted by Crippen LogP contribution is -2.43. The molecule has 5 nitrogen and oxygen atoms in total. The Morgan fingerprint density at radius 2 is 2.25 bits per heavy atom. The van der Waals surface area contributed by atoms with E-state index in [1.807, 2.05) is 6.92 Å². The third-order valence-electron chi connectivity index (χ3n) is 3.84. The molecule has 0 aliphatic carbocycles. The first-order chi connectivity index (χ1) is 9.56. The molecule has 1 aliphatic rings. The van der Waals surface area contributed by atoms with Crippen molar-refractivity contribution in [3.63, 3.8) is 0 Å². The van der Waals surface area contributed by atoms with E-state index >= 15 is 0 Å². The fourth-order valence-corrected chi connectivity index (χ4v) is 3.83. The highest BCUT2D eigenvalue weighted by Crippen LogP contribution is 2.33. The average Bonchev–Trinajstić information content (AvgIpc) is 2.80. The van der Waals surface area contributed by atoms with Gasteiger partial charge in [0.05, 0.1) is 11.3 Å². The lowest BCUT2D eigenvalue weighted by Gasteiger charge is -2.35. The predicted octanol–water partition coefficient (Wildman–Crippen LogP) is 2.55. The summed E-state index contributed by atoms with van der Waals surface area (Å²) in [7, 11) is 0. The minimum absolute atomic E-state index is 0.317. The number of fused-ring (bicyclic) bond motifs is 1. The number of carbonyl (C=O) groups is 1. The molecule has 3 heterocycles. The number of aryl methyl sites for hydroxylation is 1. The van der Waals surface area contributed by atoms with Crippen molar-refractivity contribution in [1.29, 1.82) is 0 Å². The highest BCUT2D eigenvalue weighted by Gasteiger charge is 2.31. The molecular formula is C14H17N3O2S. The molecule has 0 saturated carbocycles. The molecule has 106 valence electrons. The van der Waals surface area contributed by atoms with Gasteiger partial charge >= 0.3 is 5.97 Å². The van der Waals surface area contributed by atoms with E-state index in [4.69, 9.17) is 0 Å². The Kier molecular flexibility index (Phi) is 3.33. The third kappa shape index (κ3) is 2.24. The van der Waals surface area contributed by atoms with Crippen LogP contribution in [-0.2, 0) is 4.79 Å². The Labute approximate surface area is 121 Å². The Morgan fingerprint density at radius 1 is 1.45 bits per heavy atom. The molecule has 0 radical (unpaired) electrons. The highest BCUT2D eigenvalue weighted by molar-refractivity contribution is 7.17. The number of hydrogen-bond donors (Lipinski definition) is 1. The zero-order chi connectivity index (χ0) is 14.3. The molecule has 0 spiro atoms. The minimum atomic E-state index is -0.714. The molecule has 2 aromatic heterocycles. The van der Waals surface area contributed by atoms with Crippen LogP contribution in [0.15, 0.2) is 11.7 Å². The van der Waals surface area contributed by atoms with Crippen LogP contribution in [0.4, 0.5) is 5.82 Å². The van der Waals surface area contributed by atoms with Gasteiger partial charge in [-0.2, -0.15) is 0 Å². The van der Waals surface area contributed by atoms with Gasteiger partial charge in [-0.1, -0.05) is 6.92 Å². The first kappa shape index (κ1) is 13.3. The van der Waals surface area contributed by atoms with Crippen molar-refractivity contribution >= 4 is 33.3 Å². The molecule has 1 fully saturated rings. The molecule has 3 rings (SSSR count). The first-order valence-corrected chi connectivity index (χ1v) is 7.60. The van der Waals surface area contributed by atoms with Gasteiger partial charge in [0.2, 0.25) is 0 Å². The van der Waals surface area contributed by atoms with Gasteiger partial charge in [0.1, 0.15) is 17.0 Å². The van der Waals surface area contributed by atoms with Crippen LogP contribution in [-0.4, -0.2) is 34.1 Å². The number of piperidine rings is 1. The third-order valence-corrected chi connectivity index (χ3v) is 4.85. The average molecular weight is 291 g/mol. The fourth-order valence-electron chi connectivity index (χ4n) is 2.94. The van der Waals surface area contributed by atoms with Crippen molar-refractivity contribution < 1.29 is 9.90 Å². The van der Waals surface area contributed by atoms with Crippen molar-refractivity contribution in [2.24, 2.45) is 11.8 Å². The summed E-state index contributed by atoms with van der Waals surface area (Å²) in [5.74, 6) is 0.206. The van der Waals surface area contributed by atoms with Crippen molar-refractivity contribution in [3.8, 4) is 0 Å². The van der Waals surface area contributed by atoms with Gasteiger partial charge in [-0.3, -0.25) is 4.79 Å². The Bertz CT molecular complexity index is 655. The summed E-state index contributed by atoms with van der Waals surface area (Å²) < 4.78 is 0. The molecule has 6 heteroatoms. The molecule has 1 saturated heterocycles. The number of thiophene rings is 1. The summed E-state index contributed by atoms with van der Waals surface area (Å²) in [5, 5.41) is 12.4. The molecule has 0 amide bonds. The van der Waals surface area contributed by atoms with Crippen LogP contribution >= 0.6 is 11.3 Å². The van der Waals surface area contributed by atoms with Gasteiger partial charge in [0.15, 0.2) is 0 Å². The maximum atomic E-state index is 11.3. The standard InChI is InChI=1S/C14H17N3O2S/c1-8-3-10(14(18)19)5-17(4-8)12-11-9(2)6-20-13(11)16-7-15-12/h6-8,10H,3-5H2,1-2H3,(H,18,19). The van der Waals surface area contributed by atoms with Gasteiger partial charge in [-0.15, -0.1) is 11.3 Å². The van der Waals surface area contributed by atoms with Crippen LogP contribution in [0.2, 0.25) is 0 Å². The summed E-state index contributed by atoms with van der Waals surface area (Å²) in [6, 6.07) is 0. The van der Waals surface area contributed by atoms with Crippen molar-refractivity contribution in [3.05, 3.63) is 17.3 Å². The first-order valence-electron chi connectivity index (χ1n) is 6.72. The van der Waals surface area contributed by atoms with Gasteiger partial charge < -0.3 is 10.0 Å². The monoisotopic (exact) mass is 291 g/mol. The number of hydrogen-bond acceptors (Lipinski definition) is 5. The molecule has 1 N–H and O–H groups in total. The summed E-state index contributed by atoms with van der Waals surface area (Å²) >= 11 is 1.61. The van der Waals surface area contributed by atoms with E-state index in [0.29, 0.717) is 12.5 Å². The topological polar surface area (TPSA) is 66.3 Å². The Morgan fingerprint density at radius 3 is 3.00 bits per heavy atom. The number of nitrogens with zero attached hydrogens (tertiary/aromatic N) is 3. The number of aliphatic carboxylic acids is 1. The van der Waals surface area contributed by atoms with E-state index in [-0.39, 0.29) is 5.92 Å². The minimum Gasteiger partial charge on any atom is -0.481 e. The predicted molar refractivity (Wildman–Crippen MR) is 79.3 cm³/mol. The van der Waals surface area contributed by atoms with E-state index in [1.54, 1.807) is 17.7 Å². The second-order valence-corrected chi connectivity index (χ2v) is 6.44. The van der Waals surface area contributed by atoms with E-state index in [0.717, 1.165) is 34.6 Å². The van der Waals surface area contributed by atoms with Gasteiger partial charge in [-0.05, 0) is 30.2 Å². The Hall–Kier alpha value is -1.69. The zero-order valence-corrected chi connectivity index (χ0v) is 12.4. The van der Waals surface area contributed by atoms with Crippen LogP contribution in [0.1, 0.15) is 18.9 Å². The zero-order valence-electron chi connectivity index (χ0n) is 11.5.